The Labute approximate surface area is 149 Å². The summed E-state index contributed by atoms with van der Waals surface area (Å²) in [7, 11) is 0. The minimum absolute atomic E-state index is 0.111. The van der Waals surface area contributed by atoms with Gasteiger partial charge >= 0.3 is 0 Å². The zero-order chi connectivity index (χ0) is 17.9. The second kappa shape index (κ2) is 7.11. The molecule has 1 aromatic carbocycles. The van der Waals surface area contributed by atoms with Crippen LogP contribution in [0, 0.1) is 4.91 Å². The van der Waals surface area contributed by atoms with Crippen molar-refractivity contribution in [1.29, 1.82) is 0 Å². The molecule has 0 atom stereocenters. The molecule has 0 bridgehead atoms. The van der Waals surface area contributed by atoms with Crippen molar-refractivity contribution in [3.8, 4) is 11.4 Å². The molecule has 3 aromatic rings. The van der Waals surface area contributed by atoms with Gasteiger partial charge in [-0.1, -0.05) is 12.1 Å². The van der Waals surface area contributed by atoms with Gasteiger partial charge in [0.15, 0.2) is 11.6 Å². The molecular weight excluding hydrogens is 334 g/mol. The van der Waals surface area contributed by atoms with Gasteiger partial charge in [0.05, 0.1) is 25.3 Å². The maximum atomic E-state index is 10.8. The van der Waals surface area contributed by atoms with E-state index in [1.54, 1.807) is 30.5 Å². The van der Waals surface area contributed by atoms with E-state index in [1.807, 2.05) is 6.07 Å². The van der Waals surface area contributed by atoms with E-state index in [4.69, 9.17) is 9.72 Å². The van der Waals surface area contributed by atoms with Crippen molar-refractivity contribution in [2.45, 2.75) is 6.61 Å². The number of hydrogen-bond acceptors (Lipinski definition) is 8. The molecule has 0 unspecified atom stereocenters. The average Bonchev–Trinajstić information content (AvgIpc) is 2.73. The highest BCUT2D eigenvalue weighted by molar-refractivity contribution is 5.88. The molecule has 8 heteroatoms. The molecule has 2 aromatic heterocycles. The molecule has 1 aliphatic rings. The van der Waals surface area contributed by atoms with Crippen LogP contribution in [0.1, 0.15) is 5.56 Å². The second-order valence-corrected chi connectivity index (χ2v) is 5.98. The topological polar surface area (TPSA) is 101 Å². The number of nitroso groups, excluding NO2 is 1. The molecule has 3 heterocycles. The molecule has 0 aliphatic carbocycles. The molecule has 0 amide bonds. The Morgan fingerprint density at radius 1 is 1.19 bits per heavy atom. The van der Waals surface area contributed by atoms with E-state index in [9.17, 15) is 10.0 Å². The molecule has 1 aliphatic heterocycles. The third-order valence-corrected chi connectivity index (χ3v) is 4.28. The van der Waals surface area contributed by atoms with Crippen LogP contribution in [-0.2, 0) is 11.3 Å². The first-order chi connectivity index (χ1) is 12.8. The van der Waals surface area contributed by atoms with Gasteiger partial charge in [0.1, 0.15) is 11.2 Å². The number of morpholine rings is 1. The van der Waals surface area contributed by atoms with Crippen molar-refractivity contribution in [2.75, 3.05) is 31.2 Å². The van der Waals surface area contributed by atoms with Crippen molar-refractivity contribution in [3.05, 3.63) is 47.0 Å². The van der Waals surface area contributed by atoms with Gasteiger partial charge in [-0.3, -0.25) is 4.98 Å². The molecule has 8 nitrogen and oxygen atoms in total. The molecule has 0 radical (unpaired) electrons. The molecule has 1 N–H and O–H groups in total. The van der Waals surface area contributed by atoms with Gasteiger partial charge < -0.3 is 14.7 Å². The van der Waals surface area contributed by atoms with Crippen LogP contribution in [0.4, 0.5) is 11.5 Å². The van der Waals surface area contributed by atoms with Crippen molar-refractivity contribution >= 4 is 22.5 Å². The number of anilines is 1. The highest BCUT2D eigenvalue weighted by atomic mass is 16.5. The molecule has 1 saturated heterocycles. The summed E-state index contributed by atoms with van der Waals surface area (Å²) < 4.78 is 5.43. The molecular formula is C18H17N5O3. The smallest absolute Gasteiger partial charge is 0.162 e. The number of benzene rings is 1. The number of aromatic nitrogens is 3. The lowest BCUT2D eigenvalue weighted by atomic mass is 10.1. The predicted octanol–water partition coefficient (Wildman–Crippen LogP) is 2.42. The molecule has 0 spiro atoms. The predicted molar refractivity (Wildman–Crippen MR) is 97.2 cm³/mol. The SMILES string of the molecule is O=Nc1cccc(-c2nc(N3CCOCC3)c3ncc(CO)cc3n2)c1. The normalized spacial score (nSPS) is 14.6. The average molecular weight is 351 g/mol. The molecule has 4 rings (SSSR count). The fraction of sp³-hybridized carbons (Fsp3) is 0.278. The zero-order valence-electron chi connectivity index (χ0n) is 14.0. The summed E-state index contributed by atoms with van der Waals surface area (Å²) in [6.45, 7) is 2.57. The van der Waals surface area contributed by atoms with Gasteiger partial charge in [-0.2, -0.15) is 0 Å². The van der Waals surface area contributed by atoms with Gasteiger partial charge in [0.25, 0.3) is 0 Å². The van der Waals surface area contributed by atoms with E-state index in [0.717, 1.165) is 5.82 Å². The Kier molecular flexibility index (Phi) is 4.51. The van der Waals surface area contributed by atoms with Crippen molar-refractivity contribution in [2.24, 2.45) is 5.18 Å². The van der Waals surface area contributed by atoms with E-state index >= 15 is 0 Å². The summed E-state index contributed by atoms with van der Waals surface area (Å²) in [5.74, 6) is 1.21. The quantitative estimate of drug-likeness (QED) is 0.720. The Morgan fingerprint density at radius 2 is 2.04 bits per heavy atom. The van der Waals surface area contributed by atoms with Gasteiger partial charge in [0.2, 0.25) is 0 Å². The number of aliphatic hydroxyl groups is 1. The van der Waals surface area contributed by atoms with Crippen molar-refractivity contribution < 1.29 is 9.84 Å². The number of rotatable bonds is 4. The van der Waals surface area contributed by atoms with Crippen LogP contribution in [0.5, 0.6) is 0 Å². The lowest BCUT2D eigenvalue weighted by Crippen LogP contribution is -2.37. The standard InChI is InChI=1S/C18H17N5O3/c24-11-12-8-15-16(19-10-12)18(23-4-6-26-7-5-23)21-17(20-15)13-2-1-3-14(9-13)22-25/h1-3,8-10,24H,4-7,11H2. The highest BCUT2D eigenvalue weighted by Crippen LogP contribution is 2.28. The fourth-order valence-electron chi connectivity index (χ4n) is 2.96. The third-order valence-electron chi connectivity index (χ3n) is 4.28. The van der Waals surface area contributed by atoms with Gasteiger partial charge in [-0.15, -0.1) is 4.91 Å². The number of hydrogen-bond donors (Lipinski definition) is 1. The Balaban J connectivity index is 1.90. The maximum absolute atomic E-state index is 10.8. The monoisotopic (exact) mass is 351 g/mol. The first-order valence-corrected chi connectivity index (χ1v) is 8.32. The van der Waals surface area contributed by atoms with Crippen LogP contribution < -0.4 is 4.90 Å². The van der Waals surface area contributed by atoms with Gasteiger partial charge in [-0.05, 0) is 28.9 Å². The van der Waals surface area contributed by atoms with Crippen LogP contribution in [0.3, 0.4) is 0 Å². The number of aliphatic hydroxyl groups excluding tert-OH is 1. The summed E-state index contributed by atoms with van der Waals surface area (Å²) in [4.78, 5) is 26.7. The van der Waals surface area contributed by atoms with E-state index in [0.29, 0.717) is 60.0 Å². The maximum Gasteiger partial charge on any atom is 0.162 e. The van der Waals surface area contributed by atoms with Crippen LogP contribution >= 0.6 is 0 Å². The fourth-order valence-corrected chi connectivity index (χ4v) is 2.96. The van der Waals surface area contributed by atoms with E-state index in [-0.39, 0.29) is 6.61 Å². The van der Waals surface area contributed by atoms with Gasteiger partial charge in [0, 0.05) is 24.8 Å². The summed E-state index contributed by atoms with van der Waals surface area (Å²) in [6, 6.07) is 8.67. The van der Waals surface area contributed by atoms with Crippen molar-refractivity contribution in [1.82, 2.24) is 15.0 Å². The summed E-state index contributed by atoms with van der Waals surface area (Å²) >= 11 is 0. The van der Waals surface area contributed by atoms with E-state index in [1.165, 1.54) is 0 Å². The molecule has 26 heavy (non-hydrogen) atoms. The summed E-state index contributed by atoms with van der Waals surface area (Å²) in [5, 5.41) is 12.4. The molecule has 132 valence electrons. The van der Waals surface area contributed by atoms with Crippen LogP contribution in [-0.4, -0.2) is 46.4 Å². The van der Waals surface area contributed by atoms with Crippen molar-refractivity contribution in [3.63, 3.8) is 0 Å². The van der Waals surface area contributed by atoms with Crippen LogP contribution in [0.15, 0.2) is 41.7 Å². The van der Waals surface area contributed by atoms with Crippen LogP contribution in [0.25, 0.3) is 22.4 Å². The third kappa shape index (κ3) is 3.12. The van der Waals surface area contributed by atoms with E-state index < -0.39 is 0 Å². The molecule has 1 fully saturated rings. The first-order valence-electron chi connectivity index (χ1n) is 8.32. The highest BCUT2D eigenvalue weighted by Gasteiger charge is 2.19. The number of ether oxygens (including phenoxy) is 1. The first kappa shape index (κ1) is 16.5. The molecule has 0 saturated carbocycles. The Hall–Kier alpha value is -2.97. The minimum Gasteiger partial charge on any atom is -0.392 e. The zero-order valence-corrected chi connectivity index (χ0v) is 14.0. The van der Waals surface area contributed by atoms with Crippen LogP contribution in [0.2, 0.25) is 0 Å². The Morgan fingerprint density at radius 3 is 2.81 bits per heavy atom. The summed E-state index contributed by atoms with van der Waals surface area (Å²) in [6.07, 6.45) is 1.63. The number of fused-ring (bicyclic) bond motifs is 1. The lowest BCUT2D eigenvalue weighted by molar-refractivity contribution is 0.122. The number of pyridine rings is 1. The Bertz CT molecular complexity index is 957. The van der Waals surface area contributed by atoms with E-state index in [2.05, 4.69) is 20.0 Å². The second-order valence-electron chi connectivity index (χ2n) is 5.98. The minimum atomic E-state index is -0.111. The summed E-state index contributed by atoms with van der Waals surface area (Å²) in [5.41, 5.74) is 3.03. The van der Waals surface area contributed by atoms with Gasteiger partial charge in [-0.25, -0.2) is 9.97 Å². The lowest BCUT2D eigenvalue weighted by Gasteiger charge is -2.28. The largest absolute Gasteiger partial charge is 0.392 e. The number of nitrogens with zero attached hydrogens (tertiary/aromatic N) is 5.